The van der Waals surface area contributed by atoms with E-state index in [0.29, 0.717) is 0 Å². The van der Waals surface area contributed by atoms with Crippen molar-refractivity contribution in [2.45, 2.75) is 6.92 Å². The van der Waals surface area contributed by atoms with Crippen molar-refractivity contribution in [3.8, 4) is 0 Å². The molecule has 0 bridgehead atoms. The summed E-state index contributed by atoms with van der Waals surface area (Å²) < 4.78 is 0. The second kappa shape index (κ2) is 7.24. The molecule has 0 aliphatic carbocycles. The monoisotopic (exact) mass is 328 g/mol. The molecule has 0 radical (unpaired) electrons. The van der Waals surface area contributed by atoms with Gasteiger partial charge in [-0.25, -0.2) is 0 Å². The van der Waals surface area contributed by atoms with E-state index < -0.39 is 8.07 Å². The molecule has 0 atom stereocenters. The minimum absolute atomic E-state index is 0.0784. The van der Waals surface area contributed by atoms with Crippen molar-refractivity contribution in [3.63, 3.8) is 0 Å². The average Bonchev–Trinajstić information content (AvgIpc) is 2.65. The van der Waals surface area contributed by atoms with E-state index in [1.807, 2.05) is 18.2 Å². The zero-order chi connectivity index (χ0) is 16.8. The molecule has 0 aliphatic rings. The summed E-state index contributed by atoms with van der Waals surface area (Å²) in [6.07, 6.45) is 1.74. The highest BCUT2D eigenvalue weighted by Crippen LogP contribution is 2.09. The van der Waals surface area contributed by atoms with E-state index in [1.54, 1.807) is 13.0 Å². The first-order chi connectivity index (χ1) is 11.7. The van der Waals surface area contributed by atoms with E-state index in [-0.39, 0.29) is 5.78 Å². The Kier molecular flexibility index (Phi) is 4.87. The Bertz CT molecular complexity index is 727. The molecule has 0 amide bonds. The molecule has 0 spiro atoms. The number of allylic oxidation sites excluding steroid dienone is 1. The summed E-state index contributed by atoms with van der Waals surface area (Å²) in [5.41, 5.74) is 2.16. The van der Waals surface area contributed by atoms with Crippen LogP contribution in [0.1, 0.15) is 6.92 Å². The van der Waals surface area contributed by atoms with Crippen LogP contribution in [0.4, 0.5) is 0 Å². The lowest BCUT2D eigenvalue weighted by molar-refractivity contribution is -0.112. The van der Waals surface area contributed by atoms with Gasteiger partial charge < -0.3 is 0 Å². The molecule has 0 heterocycles. The molecule has 2 heteroatoms. The topological polar surface area (TPSA) is 17.1 Å². The first-order valence-corrected chi connectivity index (χ1v) is 10.2. The Hall–Kier alpha value is -2.71. The van der Waals surface area contributed by atoms with Gasteiger partial charge in [0.1, 0.15) is 0 Å². The van der Waals surface area contributed by atoms with Gasteiger partial charge in [0.15, 0.2) is 13.9 Å². The SMILES string of the molecule is CC(=O)/C=C/[Si](c1ccccc1)(c1ccccc1)c1ccccc1. The summed E-state index contributed by atoms with van der Waals surface area (Å²) in [7, 11) is -2.39. The van der Waals surface area contributed by atoms with Crippen LogP contribution in [0.25, 0.3) is 0 Å². The first-order valence-electron chi connectivity index (χ1n) is 8.10. The quantitative estimate of drug-likeness (QED) is 0.400. The molecule has 1 nitrogen and oxygen atoms in total. The van der Waals surface area contributed by atoms with Crippen LogP contribution in [0.2, 0.25) is 0 Å². The minimum Gasteiger partial charge on any atom is -0.295 e. The van der Waals surface area contributed by atoms with Crippen LogP contribution in [-0.2, 0) is 4.79 Å². The van der Waals surface area contributed by atoms with Crippen molar-refractivity contribution in [1.29, 1.82) is 0 Å². The molecule has 0 saturated carbocycles. The van der Waals surface area contributed by atoms with Crippen LogP contribution in [0.3, 0.4) is 0 Å². The molecule has 0 aromatic heterocycles. The van der Waals surface area contributed by atoms with E-state index in [1.165, 1.54) is 15.6 Å². The Labute approximate surface area is 144 Å². The van der Waals surface area contributed by atoms with Crippen LogP contribution in [0.5, 0.6) is 0 Å². The highest BCUT2D eigenvalue weighted by molar-refractivity contribution is 7.14. The second-order valence-corrected chi connectivity index (χ2v) is 9.53. The van der Waals surface area contributed by atoms with Gasteiger partial charge in [0.05, 0.1) is 0 Å². The average molecular weight is 328 g/mol. The van der Waals surface area contributed by atoms with Crippen molar-refractivity contribution >= 4 is 29.4 Å². The van der Waals surface area contributed by atoms with E-state index in [9.17, 15) is 4.79 Å². The van der Waals surface area contributed by atoms with Gasteiger partial charge in [-0.05, 0) is 28.6 Å². The van der Waals surface area contributed by atoms with Crippen molar-refractivity contribution in [1.82, 2.24) is 0 Å². The molecule has 24 heavy (non-hydrogen) atoms. The molecule has 3 aromatic rings. The number of ketones is 1. The lowest BCUT2D eigenvalue weighted by atomic mass is 10.3. The predicted octanol–water partition coefficient (Wildman–Crippen LogP) is 2.84. The smallest absolute Gasteiger partial charge is 0.172 e. The minimum atomic E-state index is -2.39. The van der Waals surface area contributed by atoms with Crippen molar-refractivity contribution in [3.05, 3.63) is 103 Å². The Morgan fingerprint density at radius 2 is 1.00 bits per heavy atom. The maximum Gasteiger partial charge on any atom is 0.172 e. The number of benzene rings is 3. The van der Waals surface area contributed by atoms with Gasteiger partial charge in [0, 0.05) is 0 Å². The lowest BCUT2D eigenvalue weighted by Gasteiger charge is -2.30. The number of hydrogen-bond acceptors (Lipinski definition) is 1. The molecule has 0 fully saturated rings. The molecule has 0 unspecified atom stereocenters. The standard InChI is InChI=1S/C22H20OSi/c1-19(23)17-18-24(20-11-5-2-6-12-20,21-13-7-3-8-14-21)22-15-9-4-10-16-22/h2-18H,1H3/b18-17+. The van der Waals surface area contributed by atoms with Crippen LogP contribution in [-0.4, -0.2) is 13.9 Å². The van der Waals surface area contributed by atoms with E-state index in [4.69, 9.17) is 0 Å². The Morgan fingerprint density at radius 3 is 1.29 bits per heavy atom. The van der Waals surface area contributed by atoms with Crippen molar-refractivity contribution in [2.75, 3.05) is 0 Å². The fourth-order valence-electron chi connectivity index (χ4n) is 3.13. The zero-order valence-corrected chi connectivity index (χ0v) is 14.7. The van der Waals surface area contributed by atoms with Gasteiger partial charge in [-0.2, -0.15) is 0 Å². The zero-order valence-electron chi connectivity index (χ0n) is 13.7. The largest absolute Gasteiger partial charge is 0.295 e. The normalized spacial score (nSPS) is 11.5. The summed E-state index contributed by atoms with van der Waals surface area (Å²) in [5, 5.41) is 3.83. The maximum absolute atomic E-state index is 11.7. The van der Waals surface area contributed by atoms with Crippen LogP contribution < -0.4 is 15.6 Å². The fraction of sp³-hybridized carbons (Fsp3) is 0.0455. The maximum atomic E-state index is 11.7. The molecule has 0 aliphatic heterocycles. The lowest BCUT2D eigenvalue weighted by Crippen LogP contribution is -2.66. The molecular formula is C22H20OSi. The molecule has 0 saturated heterocycles. The highest BCUT2D eigenvalue weighted by atomic mass is 28.3. The van der Waals surface area contributed by atoms with Crippen LogP contribution in [0.15, 0.2) is 103 Å². The predicted molar refractivity (Wildman–Crippen MR) is 104 cm³/mol. The van der Waals surface area contributed by atoms with Gasteiger partial charge >= 0.3 is 0 Å². The molecule has 3 rings (SSSR count). The second-order valence-electron chi connectivity index (χ2n) is 5.85. The van der Waals surface area contributed by atoms with Gasteiger partial charge in [-0.15, -0.1) is 0 Å². The summed E-state index contributed by atoms with van der Waals surface area (Å²) in [4.78, 5) is 11.7. The number of carbonyl (C=O) groups is 1. The van der Waals surface area contributed by atoms with Gasteiger partial charge in [0.25, 0.3) is 0 Å². The third-order valence-electron chi connectivity index (χ3n) is 4.26. The number of carbonyl (C=O) groups excluding carboxylic acids is 1. The number of rotatable bonds is 5. The Morgan fingerprint density at radius 1 is 0.667 bits per heavy atom. The summed E-state index contributed by atoms with van der Waals surface area (Å²) in [6, 6.07) is 31.6. The molecule has 118 valence electrons. The third-order valence-corrected chi connectivity index (χ3v) is 8.65. The van der Waals surface area contributed by atoms with E-state index in [0.717, 1.165) is 0 Å². The fourth-order valence-corrected chi connectivity index (χ4v) is 7.35. The van der Waals surface area contributed by atoms with Crippen LogP contribution in [0, 0.1) is 0 Å². The summed E-state index contributed by atoms with van der Waals surface area (Å²) in [6.45, 7) is 1.61. The molecular weight excluding hydrogens is 308 g/mol. The van der Waals surface area contributed by atoms with E-state index >= 15 is 0 Å². The highest BCUT2D eigenvalue weighted by Gasteiger charge is 2.36. The molecule has 3 aromatic carbocycles. The van der Waals surface area contributed by atoms with Gasteiger partial charge in [-0.1, -0.05) is 96.7 Å². The van der Waals surface area contributed by atoms with Crippen molar-refractivity contribution in [2.24, 2.45) is 0 Å². The van der Waals surface area contributed by atoms with E-state index in [2.05, 4.69) is 78.5 Å². The van der Waals surface area contributed by atoms with Gasteiger partial charge in [0.2, 0.25) is 0 Å². The van der Waals surface area contributed by atoms with Crippen molar-refractivity contribution < 1.29 is 4.79 Å². The van der Waals surface area contributed by atoms with Gasteiger partial charge in [-0.3, -0.25) is 4.79 Å². The number of hydrogen-bond donors (Lipinski definition) is 0. The molecule has 0 N–H and O–H groups in total. The first kappa shape index (κ1) is 16.2. The summed E-state index contributed by atoms with van der Waals surface area (Å²) >= 11 is 0. The third kappa shape index (κ3) is 3.14. The summed E-state index contributed by atoms with van der Waals surface area (Å²) in [5.74, 6) is 0.0784. The Balaban J connectivity index is 2.35. The van der Waals surface area contributed by atoms with Crippen LogP contribution >= 0.6 is 0 Å².